The second kappa shape index (κ2) is 12.2. The molecule has 0 heterocycles. The van der Waals surface area contributed by atoms with Crippen molar-refractivity contribution in [3.05, 3.63) is 0 Å². The molecule has 0 aromatic rings. The van der Waals surface area contributed by atoms with Gasteiger partial charge in [-0.1, -0.05) is 27.7 Å². The zero-order valence-corrected chi connectivity index (χ0v) is 11.3. The largest absolute Gasteiger partial charge is 0.466 e. The Morgan fingerprint density at radius 3 is 2.00 bits per heavy atom. The number of ether oxygens (including phenoxy) is 1. The van der Waals surface area contributed by atoms with Gasteiger partial charge in [0.2, 0.25) is 0 Å². The highest BCUT2D eigenvalue weighted by atomic mass is 16.5. The number of rotatable bonds is 2. The average Bonchev–Trinajstić information content (AvgIpc) is 2.35. The van der Waals surface area contributed by atoms with E-state index in [1.807, 2.05) is 27.7 Å². The highest BCUT2D eigenvalue weighted by molar-refractivity contribution is 5.82. The summed E-state index contributed by atoms with van der Waals surface area (Å²) < 4.78 is 4.87. The van der Waals surface area contributed by atoms with E-state index in [4.69, 9.17) is 4.74 Å². The van der Waals surface area contributed by atoms with Gasteiger partial charge in [-0.25, -0.2) is 0 Å². The van der Waals surface area contributed by atoms with Crippen LogP contribution in [0.4, 0.5) is 0 Å². The number of ketones is 1. The molecule has 0 aliphatic heterocycles. The first kappa shape index (κ1) is 17.5. The molecular formula is C13H26O3. The fourth-order valence-electron chi connectivity index (χ4n) is 1.44. The van der Waals surface area contributed by atoms with Crippen LogP contribution in [0.3, 0.4) is 0 Å². The minimum Gasteiger partial charge on any atom is -0.466 e. The number of carbonyl (C=O) groups excluding carboxylic acids is 2. The van der Waals surface area contributed by atoms with Gasteiger partial charge in [0.25, 0.3) is 0 Å². The summed E-state index contributed by atoms with van der Waals surface area (Å²) in [5.41, 5.74) is 0. The molecule has 0 bridgehead atoms. The van der Waals surface area contributed by atoms with Gasteiger partial charge in [0.05, 0.1) is 12.5 Å². The van der Waals surface area contributed by atoms with Gasteiger partial charge >= 0.3 is 5.97 Å². The SMILES string of the molecule is CC.CC.CCOC(=O)C1CCC(=O)CC1. The van der Waals surface area contributed by atoms with Crippen LogP contribution in [0.1, 0.15) is 60.3 Å². The summed E-state index contributed by atoms with van der Waals surface area (Å²) in [6.45, 7) is 10.2. The molecule has 0 aromatic heterocycles. The van der Waals surface area contributed by atoms with Gasteiger partial charge in [0.15, 0.2) is 0 Å². The van der Waals surface area contributed by atoms with E-state index in [9.17, 15) is 9.59 Å². The second-order valence-corrected chi connectivity index (χ2v) is 3.06. The van der Waals surface area contributed by atoms with Crippen molar-refractivity contribution in [2.75, 3.05) is 6.61 Å². The Morgan fingerprint density at radius 2 is 1.62 bits per heavy atom. The molecule has 1 aliphatic carbocycles. The molecule has 3 nitrogen and oxygen atoms in total. The lowest BCUT2D eigenvalue weighted by molar-refractivity contribution is -0.149. The number of Topliss-reactive ketones (excluding diaryl/α,β-unsaturated/α-hetero) is 1. The van der Waals surface area contributed by atoms with Crippen LogP contribution in [-0.4, -0.2) is 18.4 Å². The first-order valence-corrected chi connectivity index (χ1v) is 6.42. The summed E-state index contributed by atoms with van der Waals surface area (Å²) in [5.74, 6) is 0.114. The van der Waals surface area contributed by atoms with E-state index in [1.54, 1.807) is 6.92 Å². The molecule has 0 aromatic carbocycles. The highest BCUT2D eigenvalue weighted by Crippen LogP contribution is 2.22. The molecule has 3 heteroatoms. The van der Waals surface area contributed by atoms with Gasteiger partial charge in [-0.2, -0.15) is 0 Å². The van der Waals surface area contributed by atoms with Crippen molar-refractivity contribution < 1.29 is 14.3 Å². The molecule has 96 valence electrons. The van der Waals surface area contributed by atoms with Crippen LogP contribution in [0.25, 0.3) is 0 Å². The Hall–Kier alpha value is -0.860. The Morgan fingerprint density at radius 1 is 1.19 bits per heavy atom. The average molecular weight is 230 g/mol. The minimum absolute atomic E-state index is 0.0253. The van der Waals surface area contributed by atoms with Gasteiger partial charge in [0, 0.05) is 12.8 Å². The molecule has 0 unspecified atom stereocenters. The number of hydrogen-bond acceptors (Lipinski definition) is 3. The third-order valence-electron chi connectivity index (χ3n) is 2.16. The van der Waals surface area contributed by atoms with Crippen molar-refractivity contribution in [3.63, 3.8) is 0 Å². The molecule has 0 N–H and O–H groups in total. The summed E-state index contributed by atoms with van der Waals surface area (Å²) in [7, 11) is 0. The molecule has 1 aliphatic rings. The molecule has 1 rings (SSSR count). The molecule has 0 atom stereocenters. The van der Waals surface area contributed by atoms with Crippen LogP contribution in [-0.2, 0) is 14.3 Å². The van der Waals surface area contributed by atoms with E-state index in [2.05, 4.69) is 0 Å². The van der Waals surface area contributed by atoms with E-state index in [0.29, 0.717) is 32.3 Å². The number of esters is 1. The Kier molecular flexibility index (Phi) is 13.4. The smallest absolute Gasteiger partial charge is 0.308 e. The zero-order chi connectivity index (χ0) is 13.0. The maximum absolute atomic E-state index is 11.2. The Bertz CT molecular complexity index is 178. The van der Waals surface area contributed by atoms with E-state index in [-0.39, 0.29) is 17.7 Å². The maximum atomic E-state index is 11.2. The quantitative estimate of drug-likeness (QED) is 0.683. The van der Waals surface area contributed by atoms with E-state index >= 15 is 0 Å². The molecular weight excluding hydrogens is 204 g/mol. The van der Waals surface area contributed by atoms with E-state index in [0.717, 1.165) is 0 Å². The van der Waals surface area contributed by atoms with Crippen molar-refractivity contribution in [3.8, 4) is 0 Å². The Labute approximate surface area is 99.6 Å². The van der Waals surface area contributed by atoms with Crippen LogP contribution in [0, 0.1) is 5.92 Å². The van der Waals surface area contributed by atoms with E-state index < -0.39 is 0 Å². The van der Waals surface area contributed by atoms with E-state index in [1.165, 1.54) is 0 Å². The van der Waals surface area contributed by atoms with Crippen molar-refractivity contribution in [1.82, 2.24) is 0 Å². The Balaban J connectivity index is 0. The fraction of sp³-hybridized carbons (Fsp3) is 0.846. The van der Waals surface area contributed by atoms with Crippen LogP contribution in [0.5, 0.6) is 0 Å². The van der Waals surface area contributed by atoms with Crippen LogP contribution in [0.15, 0.2) is 0 Å². The molecule has 0 saturated heterocycles. The van der Waals surface area contributed by atoms with Gasteiger partial charge in [-0.3, -0.25) is 9.59 Å². The standard InChI is InChI=1S/C9H14O3.2C2H6/c1-2-12-9(11)7-3-5-8(10)6-4-7;2*1-2/h7H,2-6H2,1H3;2*1-2H3. The molecule has 0 radical (unpaired) electrons. The lowest BCUT2D eigenvalue weighted by Gasteiger charge is -2.18. The monoisotopic (exact) mass is 230 g/mol. The van der Waals surface area contributed by atoms with Crippen molar-refractivity contribution in [2.45, 2.75) is 60.3 Å². The van der Waals surface area contributed by atoms with Crippen LogP contribution < -0.4 is 0 Å². The minimum atomic E-state index is -0.134. The third kappa shape index (κ3) is 7.43. The van der Waals surface area contributed by atoms with Crippen LogP contribution >= 0.6 is 0 Å². The molecule has 16 heavy (non-hydrogen) atoms. The summed E-state index contributed by atoms with van der Waals surface area (Å²) in [6.07, 6.45) is 2.45. The maximum Gasteiger partial charge on any atom is 0.308 e. The van der Waals surface area contributed by atoms with Gasteiger partial charge in [-0.05, 0) is 19.8 Å². The number of hydrogen-bond donors (Lipinski definition) is 0. The molecule has 0 amide bonds. The zero-order valence-electron chi connectivity index (χ0n) is 11.3. The summed E-state index contributed by atoms with van der Waals surface area (Å²) in [5, 5.41) is 0. The lowest BCUT2D eigenvalue weighted by atomic mass is 9.88. The number of carbonyl (C=O) groups is 2. The first-order valence-electron chi connectivity index (χ1n) is 6.42. The molecule has 1 fully saturated rings. The fourth-order valence-corrected chi connectivity index (χ4v) is 1.44. The predicted molar refractivity (Wildman–Crippen MR) is 66.3 cm³/mol. The van der Waals surface area contributed by atoms with Crippen molar-refractivity contribution >= 4 is 11.8 Å². The first-order chi connectivity index (χ1) is 7.74. The van der Waals surface area contributed by atoms with Gasteiger partial charge in [-0.15, -0.1) is 0 Å². The van der Waals surface area contributed by atoms with Gasteiger partial charge in [0.1, 0.15) is 5.78 Å². The van der Waals surface area contributed by atoms with Gasteiger partial charge < -0.3 is 4.74 Å². The lowest BCUT2D eigenvalue weighted by Crippen LogP contribution is -2.23. The molecule has 1 saturated carbocycles. The van der Waals surface area contributed by atoms with Crippen LogP contribution in [0.2, 0.25) is 0 Å². The van der Waals surface area contributed by atoms with Crippen molar-refractivity contribution in [2.24, 2.45) is 5.92 Å². The summed E-state index contributed by atoms with van der Waals surface area (Å²) >= 11 is 0. The summed E-state index contributed by atoms with van der Waals surface area (Å²) in [4.78, 5) is 22.0. The highest BCUT2D eigenvalue weighted by Gasteiger charge is 2.25. The van der Waals surface area contributed by atoms with Crippen molar-refractivity contribution in [1.29, 1.82) is 0 Å². The molecule has 0 spiro atoms. The third-order valence-corrected chi connectivity index (χ3v) is 2.16. The summed E-state index contributed by atoms with van der Waals surface area (Å²) in [6, 6.07) is 0. The predicted octanol–water partition coefficient (Wildman–Crippen LogP) is 3.36. The topological polar surface area (TPSA) is 43.4 Å². The normalized spacial score (nSPS) is 15.2. The second-order valence-electron chi connectivity index (χ2n) is 3.06.